The van der Waals surface area contributed by atoms with E-state index in [2.05, 4.69) is 26.6 Å². The second kappa shape index (κ2) is 8.32. The van der Waals surface area contributed by atoms with Crippen LogP contribution in [0.3, 0.4) is 0 Å². The molecule has 8 nitrogen and oxygen atoms in total. The first-order valence-electron chi connectivity index (χ1n) is 5.94. The number of hydrogen-bond donors (Lipinski definition) is 2. The predicted octanol–water partition coefficient (Wildman–Crippen LogP) is 0.850. The van der Waals surface area contributed by atoms with E-state index in [-0.39, 0.29) is 28.2 Å². The number of amides is 2. The van der Waals surface area contributed by atoms with Crippen LogP contribution in [0.4, 0.5) is 5.69 Å². The van der Waals surface area contributed by atoms with Gasteiger partial charge in [0.05, 0.1) is 23.6 Å². The molecule has 0 aliphatic rings. The Morgan fingerprint density at radius 1 is 1.38 bits per heavy atom. The molecule has 2 amide bonds. The van der Waals surface area contributed by atoms with Crippen LogP contribution < -0.4 is 10.6 Å². The maximum atomic E-state index is 11.9. The van der Waals surface area contributed by atoms with Crippen LogP contribution in [0.15, 0.2) is 22.7 Å². The van der Waals surface area contributed by atoms with Crippen LogP contribution >= 0.6 is 15.9 Å². The Morgan fingerprint density at radius 3 is 2.71 bits per heavy atom. The van der Waals surface area contributed by atoms with Gasteiger partial charge in [0.2, 0.25) is 5.91 Å². The number of benzene rings is 1. The Kier molecular flexibility index (Phi) is 6.76. The van der Waals surface area contributed by atoms with Gasteiger partial charge in [0.25, 0.3) is 11.6 Å². The highest BCUT2D eigenvalue weighted by Crippen LogP contribution is 2.27. The van der Waals surface area contributed by atoms with Crippen molar-refractivity contribution < 1.29 is 19.2 Å². The highest BCUT2D eigenvalue weighted by atomic mass is 79.9. The number of nitrogens with zero attached hydrogens (tertiary/aromatic N) is 1. The van der Waals surface area contributed by atoms with E-state index in [1.54, 1.807) is 0 Å². The molecular formula is C12H14BrN3O5. The van der Waals surface area contributed by atoms with Gasteiger partial charge in [-0.15, -0.1) is 0 Å². The normalized spacial score (nSPS) is 10.0. The summed E-state index contributed by atoms with van der Waals surface area (Å²) in [5.74, 6) is -0.950. The molecule has 0 spiro atoms. The van der Waals surface area contributed by atoms with Gasteiger partial charge in [0.15, 0.2) is 0 Å². The average Bonchev–Trinajstić information content (AvgIpc) is 2.45. The third-order valence-electron chi connectivity index (χ3n) is 2.46. The minimum Gasteiger partial charge on any atom is -0.383 e. The molecule has 0 heterocycles. The maximum absolute atomic E-state index is 11.9. The highest BCUT2D eigenvalue weighted by Gasteiger charge is 2.19. The number of nitro groups is 1. The van der Waals surface area contributed by atoms with Gasteiger partial charge in [-0.2, -0.15) is 0 Å². The topological polar surface area (TPSA) is 111 Å². The molecular weight excluding hydrogens is 346 g/mol. The molecule has 0 bridgehead atoms. The van der Waals surface area contributed by atoms with Crippen LogP contribution in [0.1, 0.15) is 10.4 Å². The van der Waals surface area contributed by atoms with Gasteiger partial charge < -0.3 is 15.4 Å². The van der Waals surface area contributed by atoms with Gasteiger partial charge in [-0.1, -0.05) is 6.07 Å². The zero-order valence-corrected chi connectivity index (χ0v) is 12.8. The molecule has 2 N–H and O–H groups in total. The SMILES string of the molecule is COCCNC(=O)CNC(=O)c1cccc([N+](=O)[O-])c1Br. The van der Waals surface area contributed by atoms with E-state index >= 15 is 0 Å². The summed E-state index contributed by atoms with van der Waals surface area (Å²) >= 11 is 3.02. The third-order valence-corrected chi connectivity index (χ3v) is 3.29. The minimum atomic E-state index is -0.599. The first kappa shape index (κ1) is 17.1. The van der Waals surface area contributed by atoms with Gasteiger partial charge in [0.1, 0.15) is 4.47 Å². The molecule has 0 saturated carbocycles. The first-order valence-corrected chi connectivity index (χ1v) is 6.73. The molecule has 0 unspecified atom stereocenters. The number of carbonyl (C=O) groups excluding carboxylic acids is 2. The van der Waals surface area contributed by atoms with E-state index in [0.29, 0.717) is 13.2 Å². The van der Waals surface area contributed by atoms with Gasteiger partial charge in [-0.3, -0.25) is 19.7 Å². The van der Waals surface area contributed by atoms with Crippen molar-refractivity contribution in [1.82, 2.24) is 10.6 Å². The van der Waals surface area contributed by atoms with Gasteiger partial charge >= 0.3 is 0 Å². The van der Waals surface area contributed by atoms with Crippen LogP contribution in [-0.2, 0) is 9.53 Å². The number of halogens is 1. The molecule has 0 aliphatic carbocycles. The molecule has 21 heavy (non-hydrogen) atoms. The van der Waals surface area contributed by atoms with E-state index in [4.69, 9.17) is 4.74 Å². The molecule has 0 fully saturated rings. The summed E-state index contributed by atoms with van der Waals surface area (Å²) in [4.78, 5) is 33.5. The molecule has 0 saturated heterocycles. The highest BCUT2D eigenvalue weighted by molar-refractivity contribution is 9.10. The van der Waals surface area contributed by atoms with Gasteiger partial charge in [-0.25, -0.2) is 0 Å². The Morgan fingerprint density at radius 2 is 2.10 bits per heavy atom. The lowest BCUT2D eigenvalue weighted by Gasteiger charge is -2.08. The first-order chi connectivity index (χ1) is 9.97. The van der Waals surface area contributed by atoms with Crippen molar-refractivity contribution in [3.8, 4) is 0 Å². The van der Waals surface area contributed by atoms with Crippen LogP contribution in [0.5, 0.6) is 0 Å². The van der Waals surface area contributed by atoms with Gasteiger partial charge in [-0.05, 0) is 22.0 Å². The van der Waals surface area contributed by atoms with Crippen LogP contribution in [0.2, 0.25) is 0 Å². The Labute approximate surface area is 129 Å². The van der Waals surface area contributed by atoms with E-state index in [9.17, 15) is 19.7 Å². The van der Waals surface area contributed by atoms with Crippen LogP contribution in [0.25, 0.3) is 0 Å². The molecule has 1 aromatic rings. The Balaban J connectivity index is 2.62. The standard InChI is InChI=1S/C12H14BrN3O5/c1-21-6-5-14-10(17)7-15-12(18)8-3-2-4-9(11(8)13)16(19)20/h2-4H,5-7H2,1H3,(H,14,17)(H,15,18). The van der Waals surface area contributed by atoms with Crippen molar-refractivity contribution >= 4 is 33.4 Å². The summed E-state index contributed by atoms with van der Waals surface area (Å²) < 4.78 is 4.84. The minimum absolute atomic E-state index is 0.0762. The zero-order chi connectivity index (χ0) is 15.8. The molecule has 0 aromatic heterocycles. The molecule has 1 rings (SSSR count). The summed E-state index contributed by atoms with van der Waals surface area (Å²) in [6.45, 7) is 0.486. The van der Waals surface area contributed by atoms with Crippen LogP contribution in [-0.4, -0.2) is 43.5 Å². The molecule has 1 aromatic carbocycles. The van der Waals surface area contributed by atoms with Crippen molar-refractivity contribution in [3.05, 3.63) is 38.3 Å². The second-order valence-corrected chi connectivity index (χ2v) is 4.71. The van der Waals surface area contributed by atoms with E-state index in [0.717, 1.165) is 0 Å². The van der Waals surface area contributed by atoms with Crippen molar-refractivity contribution in [2.75, 3.05) is 26.8 Å². The Hall–Kier alpha value is -2.00. The predicted molar refractivity (Wildman–Crippen MR) is 78.0 cm³/mol. The quantitative estimate of drug-likeness (QED) is 0.426. The Bertz CT molecular complexity index is 550. The largest absolute Gasteiger partial charge is 0.383 e. The summed E-state index contributed by atoms with van der Waals surface area (Å²) in [6, 6.07) is 4.10. The average molecular weight is 360 g/mol. The molecule has 0 atom stereocenters. The fraction of sp³-hybridized carbons (Fsp3) is 0.333. The van der Waals surface area contributed by atoms with E-state index in [1.807, 2.05) is 0 Å². The van der Waals surface area contributed by atoms with Crippen molar-refractivity contribution in [2.45, 2.75) is 0 Å². The number of ether oxygens (including phenoxy) is 1. The number of rotatable bonds is 7. The van der Waals surface area contributed by atoms with Crippen molar-refractivity contribution in [2.24, 2.45) is 0 Å². The van der Waals surface area contributed by atoms with E-state index in [1.165, 1.54) is 25.3 Å². The molecule has 0 aliphatic heterocycles. The molecule has 114 valence electrons. The fourth-order valence-corrected chi connectivity index (χ4v) is 2.04. The number of hydrogen-bond acceptors (Lipinski definition) is 5. The molecule has 0 radical (unpaired) electrons. The van der Waals surface area contributed by atoms with E-state index < -0.39 is 10.8 Å². The summed E-state index contributed by atoms with van der Waals surface area (Å²) in [6.07, 6.45) is 0. The monoisotopic (exact) mass is 359 g/mol. The van der Waals surface area contributed by atoms with Crippen LogP contribution in [0, 0.1) is 10.1 Å². The van der Waals surface area contributed by atoms with Crippen molar-refractivity contribution in [3.63, 3.8) is 0 Å². The summed E-state index contributed by atoms with van der Waals surface area (Å²) in [7, 11) is 1.51. The zero-order valence-electron chi connectivity index (χ0n) is 11.2. The molecule has 9 heteroatoms. The number of nitrogens with one attached hydrogen (secondary N) is 2. The van der Waals surface area contributed by atoms with Crippen molar-refractivity contribution in [1.29, 1.82) is 0 Å². The lowest BCUT2D eigenvalue weighted by molar-refractivity contribution is -0.385. The maximum Gasteiger partial charge on any atom is 0.284 e. The number of nitro benzene ring substituents is 1. The third kappa shape index (κ3) is 5.12. The van der Waals surface area contributed by atoms with Gasteiger partial charge in [0, 0.05) is 19.7 Å². The fourth-order valence-electron chi connectivity index (χ4n) is 1.45. The summed E-state index contributed by atoms with van der Waals surface area (Å²) in [5, 5.41) is 15.7. The second-order valence-electron chi connectivity index (χ2n) is 3.92. The lowest BCUT2D eigenvalue weighted by Crippen LogP contribution is -2.38. The lowest BCUT2D eigenvalue weighted by atomic mass is 10.2. The number of carbonyl (C=O) groups is 2. The number of methoxy groups -OCH3 is 1. The smallest absolute Gasteiger partial charge is 0.284 e. The summed E-state index contributed by atoms with van der Waals surface area (Å²) in [5.41, 5.74) is -0.124.